The normalized spacial score (nSPS) is 27.7. The van der Waals surface area contributed by atoms with E-state index in [0.29, 0.717) is 12.5 Å². The molecule has 2 atom stereocenters. The predicted octanol–water partition coefficient (Wildman–Crippen LogP) is 0.584. The smallest absolute Gasteiger partial charge is 0.224 e. The van der Waals surface area contributed by atoms with E-state index in [9.17, 15) is 4.79 Å². The third-order valence-corrected chi connectivity index (χ3v) is 4.14. The van der Waals surface area contributed by atoms with Crippen LogP contribution in [0.1, 0.15) is 38.1 Å². The maximum absolute atomic E-state index is 12.3. The second kappa shape index (κ2) is 5.69. The molecule has 1 N–H and O–H groups in total. The minimum atomic E-state index is 0.282. The molecule has 1 aromatic heterocycles. The van der Waals surface area contributed by atoms with E-state index in [2.05, 4.69) is 15.4 Å². The Morgan fingerprint density at radius 2 is 2.32 bits per heavy atom. The Morgan fingerprint density at radius 1 is 1.37 bits per heavy atom. The number of carbonyl (C=O) groups is 1. The highest BCUT2D eigenvalue weighted by Crippen LogP contribution is 2.21. The number of hydrogen-bond acceptors (Lipinski definition) is 4. The fourth-order valence-corrected chi connectivity index (χ4v) is 3.07. The molecule has 2 unspecified atom stereocenters. The maximum atomic E-state index is 12.3. The molecule has 0 aliphatic carbocycles. The molecule has 104 valence electrons. The van der Waals surface area contributed by atoms with E-state index in [4.69, 9.17) is 0 Å². The molecule has 6 nitrogen and oxygen atoms in total. The lowest BCUT2D eigenvalue weighted by molar-refractivity contribution is -0.133. The molecule has 2 fully saturated rings. The fraction of sp³-hybridized carbons (Fsp3) is 0.769. The molecule has 2 saturated heterocycles. The number of likely N-dealkylation sites (tertiary alicyclic amines) is 1. The summed E-state index contributed by atoms with van der Waals surface area (Å²) in [6.45, 7) is 2.71. The molecule has 3 rings (SSSR count). The first kappa shape index (κ1) is 12.6. The monoisotopic (exact) mass is 263 g/mol. The largest absolute Gasteiger partial charge is 0.341 e. The highest BCUT2D eigenvalue weighted by molar-refractivity contribution is 5.77. The minimum absolute atomic E-state index is 0.282. The van der Waals surface area contributed by atoms with Gasteiger partial charge in [0.25, 0.3) is 0 Å². The average Bonchev–Trinajstić information content (AvgIpc) is 3.12. The first-order valence-corrected chi connectivity index (χ1v) is 7.18. The molecule has 6 heteroatoms. The minimum Gasteiger partial charge on any atom is -0.341 e. The summed E-state index contributed by atoms with van der Waals surface area (Å²) in [5, 5.41) is 7.58. The van der Waals surface area contributed by atoms with Crippen LogP contribution in [-0.2, 0) is 4.79 Å². The van der Waals surface area contributed by atoms with Gasteiger partial charge >= 0.3 is 0 Å². The molecular formula is C13H21N5O. The Bertz CT molecular complexity index is 413. The van der Waals surface area contributed by atoms with Crippen LogP contribution >= 0.6 is 0 Å². The molecule has 2 aliphatic rings. The van der Waals surface area contributed by atoms with E-state index in [1.165, 1.54) is 6.42 Å². The van der Waals surface area contributed by atoms with Gasteiger partial charge in [-0.25, -0.2) is 9.67 Å². The van der Waals surface area contributed by atoms with E-state index in [1.54, 1.807) is 12.7 Å². The molecule has 0 spiro atoms. The summed E-state index contributed by atoms with van der Waals surface area (Å²) in [6, 6.07) is 0.677. The van der Waals surface area contributed by atoms with E-state index < -0.39 is 0 Å². The summed E-state index contributed by atoms with van der Waals surface area (Å²) in [6.07, 6.45) is 8.40. The van der Waals surface area contributed by atoms with Gasteiger partial charge in [-0.2, -0.15) is 5.10 Å². The lowest BCUT2D eigenvalue weighted by atomic mass is 10.0. The quantitative estimate of drug-likeness (QED) is 0.866. The third-order valence-electron chi connectivity index (χ3n) is 4.14. The van der Waals surface area contributed by atoms with E-state index in [-0.39, 0.29) is 11.9 Å². The Morgan fingerprint density at radius 3 is 3.05 bits per heavy atom. The molecule has 1 amide bonds. The summed E-state index contributed by atoms with van der Waals surface area (Å²) in [7, 11) is 0. The van der Waals surface area contributed by atoms with Crippen molar-refractivity contribution in [2.24, 2.45) is 0 Å². The number of nitrogens with one attached hydrogen (secondary N) is 1. The van der Waals surface area contributed by atoms with Gasteiger partial charge in [0.1, 0.15) is 12.7 Å². The summed E-state index contributed by atoms with van der Waals surface area (Å²) >= 11 is 0. The number of nitrogens with zero attached hydrogens (tertiary/aromatic N) is 4. The zero-order chi connectivity index (χ0) is 13.1. The van der Waals surface area contributed by atoms with Crippen LogP contribution in [0.2, 0.25) is 0 Å². The standard InChI is InChI=1S/C13H21N5O/c19-13(7-11-3-1-5-15-11)17-6-2-4-12(8-17)18-10-14-9-16-18/h9-12,15H,1-8H2. The highest BCUT2D eigenvalue weighted by Gasteiger charge is 2.27. The number of aromatic nitrogens is 3. The number of rotatable bonds is 3. The molecular weight excluding hydrogens is 242 g/mol. The van der Waals surface area contributed by atoms with Crippen LogP contribution in [0.3, 0.4) is 0 Å². The summed E-state index contributed by atoms with van der Waals surface area (Å²) in [5.74, 6) is 0.282. The van der Waals surface area contributed by atoms with Gasteiger partial charge in [0.2, 0.25) is 5.91 Å². The van der Waals surface area contributed by atoms with Crippen LogP contribution in [0.15, 0.2) is 12.7 Å². The van der Waals surface area contributed by atoms with E-state index in [0.717, 1.165) is 38.9 Å². The van der Waals surface area contributed by atoms with Crippen molar-refractivity contribution in [2.75, 3.05) is 19.6 Å². The summed E-state index contributed by atoms with van der Waals surface area (Å²) in [4.78, 5) is 18.3. The molecule has 2 aliphatic heterocycles. The van der Waals surface area contributed by atoms with Crippen LogP contribution in [0.5, 0.6) is 0 Å². The zero-order valence-corrected chi connectivity index (χ0v) is 11.2. The lowest BCUT2D eigenvalue weighted by Gasteiger charge is -2.33. The van der Waals surface area contributed by atoms with Crippen molar-refractivity contribution in [3.8, 4) is 0 Å². The molecule has 1 aromatic rings. The topological polar surface area (TPSA) is 63.1 Å². The van der Waals surface area contributed by atoms with Crippen molar-refractivity contribution in [1.82, 2.24) is 25.0 Å². The van der Waals surface area contributed by atoms with Gasteiger partial charge in [0.15, 0.2) is 0 Å². The van der Waals surface area contributed by atoms with Crippen LogP contribution in [0, 0.1) is 0 Å². The third kappa shape index (κ3) is 2.94. The maximum Gasteiger partial charge on any atom is 0.224 e. The van der Waals surface area contributed by atoms with E-state index >= 15 is 0 Å². The van der Waals surface area contributed by atoms with Gasteiger partial charge in [-0.1, -0.05) is 0 Å². The Kier molecular flexibility index (Phi) is 3.77. The average molecular weight is 263 g/mol. The van der Waals surface area contributed by atoms with Gasteiger partial charge in [0, 0.05) is 25.6 Å². The fourth-order valence-electron chi connectivity index (χ4n) is 3.07. The van der Waals surface area contributed by atoms with Crippen molar-refractivity contribution in [3.63, 3.8) is 0 Å². The van der Waals surface area contributed by atoms with Gasteiger partial charge in [-0.15, -0.1) is 0 Å². The van der Waals surface area contributed by atoms with Crippen molar-refractivity contribution in [2.45, 2.75) is 44.2 Å². The van der Waals surface area contributed by atoms with Crippen LogP contribution in [-0.4, -0.2) is 51.2 Å². The number of hydrogen-bond donors (Lipinski definition) is 1. The first-order valence-electron chi connectivity index (χ1n) is 7.18. The van der Waals surface area contributed by atoms with Crippen LogP contribution in [0.25, 0.3) is 0 Å². The molecule has 0 aromatic carbocycles. The van der Waals surface area contributed by atoms with Crippen molar-refractivity contribution in [3.05, 3.63) is 12.7 Å². The van der Waals surface area contributed by atoms with Crippen molar-refractivity contribution in [1.29, 1.82) is 0 Å². The Balaban J connectivity index is 1.56. The highest BCUT2D eigenvalue weighted by atomic mass is 16.2. The van der Waals surface area contributed by atoms with Crippen molar-refractivity contribution >= 4 is 5.91 Å². The zero-order valence-electron chi connectivity index (χ0n) is 11.2. The number of amides is 1. The first-order chi connectivity index (χ1) is 9.33. The molecule has 3 heterocycles. The van der Waals surface area contributed by atoms with Crippen molar-refractivity contribution < 1.29 is 4.79 Å². The van der Waals surface area contributed by atoms with Gasteiger partial charge in [-0.3, -0.25) is 4.79 Å². The van der Waals surface area contributed by atoms with Gasteiger partial charge in [0.05, 0.1) is 6.04 Å². The molecule has 19 heavy (non-hydrogen) atoms. The predicted molar refractivity (Wildman–Crippen MR) is 70.5 cm³/mol. The van der Waals surface area contributed by atoms with E-state index in [1.807, 2.05) is 9.58 Å². The summed E-state index contributed by atoms with van der Waals surface area (Å²) in [5.41, 5.74) is 0. The molecule has 0 saturated carbocycles. The van der Waals surface area contributed by atoms with Gasteiger partial charge in [-0.05, 0) is 32.2 Å². The lowest BCUT2D eigenvalue weighted by Crippen LogP contribution is -2.42. The second-order valence-electron chi connectivity index (χ2n) is 5.51. The SMILES string of the molecule is O=C(CC1CCCN1)N1CCCC(n2cncn2)C1. The van der Waals surface area contributed by atoms with Crippen LogP contribution in [0.4, 0.5) is 0 Å². The molecule has 0 radical (unpaired) electrons. The Labute approximate surface area is 113 Å². The second-order valence-corrected chi connectivity index (χ2v) is 5.51. The van der Waals surface area contributed by atoms with Gasteiger partial charge < -0.3 is 10.2 Å². The number of piperidine rings is 1. The number of carbonyl (C=O) groups excluding carboxylic acids is 1. The molecule has 0 bridgehead atoms. The summed E-state index contributed by atoms with van der Waals surface area (Å²) < 4.78 is 1.88. The van der Waals surface area contributed by atoms with Crippen LogP contribution < -0.4 is 5.32 Å². The Hall–Kier alpha value is -1.43.